The Morgan fingerprint density at radius 1 is 1.39 bits per heavy atom. The summed E-state index contributed by atoms with van der Waals surface area (Å²) in [5.74, 6) is 0.505. The normalized spacial score (nSPS) is 11.3. The maximum atomic E-state index is 11.5. The molecule has 1 aromatic carbocycles. The number of amides is 1. The van der Waals surface area contributed by atoms with E-state index in [2.05, 4.69) is 5.32 Å². The summed E-state index contributed by atoms with van der Waals surface area (Å²) < 4.78 is 9.99. The molecule has 0 heterocycles. The lowest BCUT2D eigenvalue weighted by Gasteiger charge is -2.12. The predicted octanol–water partition coefficient (Wildman–Crippen LogP) is 0.707. The van der Waals surface area contributed by atoms with E-state index >= 15 is 0 Å². The SMILES string of the molecule is COCC(N)C(=O)NCc1ccccc1OC.Cl. The minimum absolute atomic E-state index is 0. The number of ether oxygens (including phenoxy) is 2. The van der Waals surface area contributed by atoms with E-state index in [-0.39, 0.29) is 24.9 Å². The lowest BCUT2D eigenvalue weighted by molar-refractivity contribution is -0.123. The number of rotatable bonds is 6. The van der Waals surface area contributed by atoms with E-state index in [0.29, 0.717) is 6.54 Å². The van der Waals surface area contributed by atoms with Crippen LogP contribution < -0.4 is 15.8 Å². The summed E-state index contributed by atoms with van der Waals surface area (Å²) >= 11 is 0. The van der Waals surface area contributed by atoms with Crippen LogP contribution in [0.5, 0.6) is 5.75 Å². The second-order valence-electron chi connectivity index (χ2n) is 3.59. The number of methoxy groups -OCH3 is 2. The maximum Gasteiger partial charge on any atom is 0.239 e. The van der Waals surface area contributed by atoms with E-state index in [0.717, 1.165) is 11.3 Å². The number of nitrogens with one attached hydrogen (secondary N) is 1. The molecule has 0 aliphatic carbocycles. The number of halogens is 1. The first-order chi connectivity index (χ1) is 8.19. The van der Waals surface area contributed by atoms with E-state index < -0.39 is 6.04 Å². The summed E-state index contributed by atoms with van der Waals surface area (Å²) in [6.07, 6.45) is 0. The number of hydrogen-bond acceptors (Lipinski definition) is 4. The van der Waals surface area contributed by atoms with Crippen molar-refractivity contribution in [2.45, 2.75) is 12.6 Å². The fourth-order valence-corrected chi connectivity index (χ4v) is 1.42. The zero-order chi connectivity index (χ0) is 12.7. The first-order valence-electron chi connectivity index (χ1n) is 5.33. The molecular formula is C12H19ClN2O3. The molecule has 3 N–H and O–H groups in total. The second kappa shape index (κ2) is 8.74. The van der Waals surface area contributed by atoms with Crippen LogP contribution in [-0.4, -0.2) is 32.8 Å². The monoisotopic (exact) mass is 274 g/mol. The lowest BCUT2D eigenvalue weighted by atomic mass is 10.2. The van der Waals surface area contributed by atoms with Crippen LogP contribution in [0, 0.1) is 0 Å². The van der Waals surface area contributed by atoms with Gasteiger partial charge in [0.25, 0.3) is 0 Å². The molecule has 0 aliphatic heterocycles. The van der Waals surface area contributed by atoms with Crippen molar-refractivity contribution in [2.24, 2.45) is 5.73 Å². The molecule has 0 radical (unpaired) electrons. The van der Waals surface area contributed by atoms with Gasteiger partial charge < -0.3 is 20.5 Å². The molecule has 0 bridgehead atoms. The van der Waals surface area contributed by atoms with Crippen molar-refractivity contribution in [1.29, 1.82) is 0 Å². The standard InChI is InChI=1S/C12H18N2O3.ClH/c1-16-8-10(13)12(15)14-7-9-5-3-4-6-11(9)17-2;/h3-6,10H,7-8,13H2,1-2H3,(H,14,15);1H. The van der Waals surface area contributed by atoms with Crippen molar-refractivity contribution < 1.29 is 14.3 Å². The molecule has 0 saturated heterocycles. The van der Waals surface area contributed by atoms with Crippen LogP contribution in [0.1, 0.15) is 5.56 Å². The molecule has 5 nitrogen and oxygen atoms in total. The summed E-state index contributed by atoms with van der Waals surface area (Å²) in [5.41, 5.74) is 6.50. The Balaban J connectivity index is 0.00000289. The summed E-state index contributed by atoms with van der Waals surface area (Å²) in [6.45, 7) is 0.595. The van der Waals surface area contributed by atoms with Gasteiger partial charge in [0.05, 0.1) is 13.7 Å². The summed E-state index contributed by atoms with van der Waals surface area (Å²) in [4.78, 5) is 11.5. The minimum atomic E-state index is -0.644. The highest BCUT2D eigenvalue weighted by Gasteiger charge is 2.13. The third-order valence-corrected chi connectivity index (χ3v) is 2.33. The van der Waals surface area contributed by atoms with E-state index in [4.69, 9.17) is 15.2 Å². The van der Waals surface area contributed by atoms with Crippen molar-refractivity contribution in [3.05, 3.63) is 29.8 Å². The van der Waals surface area contributed by atoms with Gasteiger partial charge in [-0.25, -0.2) is 0 Å². The van der Waals surface area contributed by atoms with Crippen LogP contribution in [0.15, 0.2) is 24.3 Å². The highest BCUT2D eigenvalue weighted by atomic mass is 35.5. The maximum absolute atomic E-state index is 11.5. The summed E-state index contributed by atoms with van der Waals surface area (Å²) in [7, 11) is 3.10. The van der Waals surface area contributed by atoms with Crippen molar-refractivity contribution >= 4 is 18.3 Å². The summed E-state index contributed by atoms with van der Waals surface area (Å²) in [5, 5.41) is 2.73. The molecule has 1 unspecified atom stereocenters. The molecule has 0 fully saturated rings. The van der Waals surface area contributed by atoms with E-state index in [9.17, 15) is 4.79 Å². The van der Waals surface area contributed by atoms with Crippen LogP contribution in [-0.2, 0) is 16.1 Å². The van der Waals surface area contributed by atoms with E-state index in [1.165, 1.54) is 7.11 Å². The Hall–Kier alpha value is -1.30. The fourth-order valence-electron chi connectivity index (χ4n) is 1.42. The Morgan fingerprint density at radius 2 is 2.06 bits per heavy atom. The highest BCUT2D eigenvalue weighted by molar-refractivity contribution is 5.85. The molecule has 0 aromatic heterocycles. The van der Waals surface area contributed by atoms with Gasteiger partial charge in [-0.1, -0.05) is 18.2 Å². The van der Waals surface area contributed by atoms with E-state index in [1.807, 2.05) is 24.3 Å². The first-order valence-corrected chi connectivity index (χ1v) is 5.33. The van der Waals surface area contributed by atoms with Gasteiger partial charge in [-0.3, -0.25) is 4.79 Å². The van der Waals surface area contributed by atoms with Gasteiger partial charge in [-0.05, 0) is 6.07 Å². The van der Waals surface area contributed by atoms with Crippen LogP contribution in [0.2, 0.25) is 0 Å². The molecule has 1 atom stereocenters. The number of hydrogen-bond donors (Lipinski definition) is 2. The third kappa shape index (κ3) is 4.91. The van der Waals surface area contributed by atoms with Crippen molar-refractivity contribution in [3.8, 4) is 5.75 Å². The molecule has 1 rings (SSSR count). The molecule has 6 heteroatoms. The molecule has 1 amide bonds. The van der Waals surface area contributed by atoms with Gasteiger partial charge >= 0.3 is 0 Å². The van der Waals surface area contributed by atoms with Gasteiger partial charge in [0, 0.05) is 19.2 Å². The first kappa shape index (κ1) is 16.7. The molecule has 102 valence electrons. The third-order valence-electron chi connectivity index (χ3n) is 2.33. The van der Waals surface area contributed by atoms with Gasteiger partial charge in [0.1, 0.15) is 11.8 Å². The van der Waals surface area contributed by atoms with Gasteiger partial charge in [-0.2, -0.15) is 0 Å². The molecule has 0 aliphatic rings. The number of carbonyl (C=O) groups excluding carboxylic acids is 1. The van der Waals surface area contributed by atoms with Crippen molar-refractivity contribution in [1.82, 2.24) is 5.32 Å². The lowest BCUT2D eigenvalue weighted by Crippen LogP contribution is -2.43. The number of carbonyl (C=O) groups is 1. The second-order valence-corrected chi connectivity index (χ2v) is 3.59. The average molecular weight is 275 g/mol. The van der Waals surface area contributed by atoms with Gasteiger partial charge in [0.15, 0.2) is 0 Å². The van der Waals surface area contributed by atoms with Gasteiger partial charge in [0.2, 0.25) is 5.91 Å². The Morgan fingerprint density at radius 3 is 2.67 bits per heavy atom. The zero-order valence-corrected chi connectivity index (χ0v) is 11.3. The highest BCUT2D eigenvalue weighted by Crippen LogP contribution is 2.16. The average Bonchev–Trinajstić information content (AvgIpc) is 2.36. The predicted molar refractivity (Wildman–Crippen MR) is 71.9 cm³/mol. The van der Waals surface area contributed by atoms with Crippen LogP contribution >= 0.6 is 12.4 Å². The molecule has 0 saturated carbocycles. The fraction of sp³-hybridized carbons (Fsp3) is 0.417. The quantitative estimate of drug-likeness (QED) is 0.801. The molecule has 1 aromatic rings. The minimum Gasteiger partial charge on any atom is -0.496 e. The Kier molecular flexibility index (Phi) is 8.11. The number of benzene rings is 1. The van der Waals surface area contributed by atoms with Crippen LogP contribution in [0.25, 0.3) is 0 Å². The molecular weight excluding hydrogens is 256 g/mol. The van der Waals surface area contributed by atoms with Crippen LogP contribution in [0.4, 0.5) is 0 Å². The Bertz CT molecular complexity index is 374. The molecule has 0 spiro atoms. The topological polar surface area (TPSA) is 73.6 Å². The smallest absolute Gasteiger partial charge is 0.239 e. The Labute approximate surface area is 113 Å². The van der Waals surface area contributed by atoms with Crippen LogP contribution in [0.3, 0.4) is 0 Å². The number of para-hydroxylation sites is 1. The van der Waals surface area contributed by atoms with Crippen molar-refractivity contribution in [2.75, 3.05) is 20.8 Å². The zero-order valence-electron chi connectivity index (χ0n) is 10.5. The van der Waals surface area contributed by atoms with E-state index in [1.54, 1.807) is 7.11 Å². The molecule has 18 heavy (non-hydrogen) atoms. The summed E-state index contributed by atoms with van der Waals surface area (Å²) in [6, 6.07) is 6.85. The van der Waals surface area contributed by atoms with Crippen molar-refractivity contribution in [3.63, 3.8) is 0 Å². The van der Waals surface area contributed by atoms with Gasteiger partial charge in [-0.15, -0.1) is 12.4 Å². The largest absolute Gasteiger partial charge is 0.496 e. The number of nitrogens with two attached hydrogens (primary N) is 1.